The van der Waals surface area contributed by atoms with Crippen LogP contribution in [0.25, 0.3) is 10.8 Å². The standard InChI is InChI=1S/C26H23N3O11S3/c1-13-3-5-15(9-19(13)27)25(30)29-21-10-16(6-4-14(21)2)26(31)28-20-7-8-22(42(35,36)37)18-11-17(41(32,33)34)12-23(24(18)20)43(38,39)40/h3-12H,27H2,1-2H3,(H,28,31)(H,29,30)(H,32,33,34)(H,35,36,37)(H,38,39,40). The fraction of sp³-hybridized carbons (Fsp3) is 0.0769. The van der Waals surface area contributed by atoms with Gasteiger partial charge in [0, 0.05) is 33.3 Å². The van der Waals surface area contributed by atoms with Crippen LogP contribution in [0.4, 0.5) is 17.1 Å². The fourth-order valence-corrected chi connectivity index (χ4v) is 6.19. The number of hydrogen-bond acceptors (Lipinski definition) is 9. The van der Waals surface area contributed by atoms with Crippen LogP contribution in [0.3, 0.4) is 0 Å². The van der Waals surface area contributed by atoms with Crippen molar-refractivity contribution in [3.63, 3.8) is 0 Å². The van der Waals surface area contributed by atoms with Gasteiger partial charge in [0.05, 0.1) is 10.6 Å². The summed E-state index contributed by atoms with van der Waals surface area (Å²) >= 11 is 0. The molecule has 0 spiro atoms. The van der Waals surface area contributed by atoms with Crippen molar-refractivity contribution < 1.29 is 48.5 Å². The van der Waals surface area contributed by atoms with E-state index in [-0.39, 0.29) is 16.8 Å². The normalized spacial score (nSPS) is 12.2. The van der Waals surface area contributed by atoms with Crippen molar-refractivity contribution in [2.24, 2.45) is 0 Å². The second-order valence-corrected chi connectivity index (χ2v) is 13.6. The van der Waals surface area contributed by atoms with Gasteiger partial charge in [-0.05, 0) is 73.5 Å². The molecule has 0 aliphatic carbocycles. The molecule has 43 heavy (non-hydrogen) atoms. The summed E-state index contributed by atoms with van der Waals surface area (Å²) in [7, 11) is -15.6. The van der Waals surface area contributed by atoms with Gasteiger partial charge in [0.15, 0.2) is 0 Å². The Labute approximate surface area is 245 Å². The molecule has 7 N–H and O–H groups in total. The zero-order valence-corrected chi connectivity index (χ0v) is 24.6. The molecule has 17 heteroatoms. The maximum atomic E-state index is 13.3. The maximum Gasteiger partial charge on any atom is 0.295 e. The van der Waals surface area contributed by atoms with Crippen molar-refractivity contribution >= 4 is 70.0 Å². The van der Waals surface area contributed by atoms with Crippen LogP contribution in [-0.4, -0.2) is 50.7 Å². The number of nitrogens with one attached hydrogen (secondary N) is 2. The van der Waals surface area contributed by atoms with Gasteiger partial charge >= 0.3 is 0 Å². The predicted molar refractivity (Wildman–Crippen MR) is 156 cm³/mol. The summed E-state index contributed by atoms with van der Waals surface area (Å²) in [5, 5.41) is 3.60. The first-order chi connectivity index (χ1) is 19.8. The molecule has 0 bridgehead atoms. The first-order valence-electron chi connectivity index (χ1n) is 11.9. The molecule has 4 aromatic carbocycles. The number of nitrogens with two attached hydrogens (primary N) is 1. The summed E-state index contributed by atoms with van der Waals surface area (Å²) in [6.07, 6.45) is 0. The van der Waals surface area contributed by atoms with Gasteiger partial charge in [0.25, 0.3) is 42.2 Å². The van der Waals surface area contributed by atoms with Gasteiger partial charge in [-0.15, -0.1) is 0 Å². The Morgan fingerprint density at radius 3 is 1.70 bits per heavy atom. The monoisotopic (exact) mass is 649 g/mol. The number of nitrogen functional groups attached to an aromatic ring is 1. The summed E-state index contributed by atoms with van der Waals surface area (Å²) in [6, 6.07) is 11.5. The van der Waals surface area contributed by atoms with Gasteiger partial charge in [-0.2, -0.15) is 25.3 Å². The van der Waals surface area contributed by atoms with E-state index in [1.807, 2.05) is 0 Å². The van der Waals surface area contributed by atoms with Crippen molar-refractivity contribution in [2.45, 2.75) is 28.5 Å². The number of benzene rings is 4. The highest BCUT2D eigenvalue weighted by molar-refractivity contribution is 7.87. The third kappa shape index (κ3) is 6.66. The van der Waals surface area contributed by atoms with Crippen LogP contribution in [0, 0.1) is 13.8 Å². The Morgan fingerprint density at radius 2 is 1.16 bits per heavy atom. The Kier molecular flexibility index (Phi) is 8.09. The van der Waals surface area contributed by atoms with E-state index in [1.165, 1.54) is 24.3 Å². The molecule has 0 saturated heterocycles. The zero-order valence-electron chi connectivity index (χ0n) is 22.2. The average molecular weight is 650 g/mol. The number of hydrogen-bond donors (Lipinski definition) is 6. The minimum Gasteiger partial charge on any atom is -0.398 e. The topological polar surface area (TPSA) is 247 Å². The Bertz CT molecular complexity index is 2180. The molecule has 226 valence electrons. The second-order valence-electron chi connectivity index (χ2n) is 9.39. The van der Waals surface area contributed by atoms with Crippen LogP contribution < -0.4 is 16.4 Å². The molecule has 0 unspecified atom stereocenters. The first-order valence-corrected chi connectivity index (χ1v) is 16.2. The number of fused-ring (bicyclic) bond motifs is 1. The Balaban J connectivity index is 1.82. The largest absolute Gasteiger partial charge is 0.398 e. The van der Waals surface area contributed by atoms with Crippen molar-refractivity contribution in [1.29, 1.82) is 0 Å². The van der Waals surface area contributed by atoms with E-state index in [0.717, 1.165) is 17.7 Å². The molecular weight excluding hydrogens is 626 g/mol. The number of amides is 2. The van der Waals surface area contributed by atoms with E-state index in [1.54, 1.807) is 26.0 Å². The molecule has 0 heterocycles. The molecule has 0 aliphatic heterocycles. The Hall–Kier alpha value is -4.39. The number of anilines is 3. The summed E-state index contributed by atoms with van der Waals surface area (Å²) in [5.41, 5.74) is 7.65. The van der Waals surface area contributed by atoms with Crippen molar-refractivity contribution in [3.05, 3.63) is 82.9 Å². The lowest BCUT2D eigenvalue weighted by Crippen LogP contribution is -2.16. The van der Waals surface area contributed by atoms with Crippen molar-refractivity contribution in [2.75, 3.05) is 16.4 Å². The molecule has 14 nitrogen and oxygen atoms in total. The van der Waals surface area contributed by atoms with E-state index in [4.69, 9.17) is 5.73 Å². The average Bonchev–Trinajstić information content (AvgIpc) is 2.89. The highest BCUT2D eigenvalue weighted by Gasteiger charge is 2.27. The summed E-state index contributed by atoms with van der Waals surface area (Å²) in [4.78, 5) is 22.8. The first kappa shape index (κ1) is 31.5. The van der Waals surface area contributed by atoms with E-state index in [9.17, 15) is 48.5 Å². The molecule has 0 atom stereocenters. The summed E-state index contributed by atoms with van der Waals surface area (Å²) in [6.45, 7) is 3.43. The molecule has 4 aromatic rings. The van der Waals surface area contributed by atoms with Crippen LogP contribution in [0.5, 0.6) is 0 Å². The lowest BCUT2D eigenvalue weighted by Gasteiger charge is -2.16. The third-order valence-electron chi connectivity index (χ3n) is 6.40. The number of carbonyl (C=O) groups excluding carboxylic acids is 2. The molecule has 0 saturated carbocycles. The summed E-state index contributed by atoms with van der Waals surface area (Å²) in [5.74, 6) is -1.41. The molecule has 0 radical (unpaired) electrons. The Morgan fingerprint density at radius 1 is 0.628 bits per heavy atom. The van der Waals surface area contributed by atoms with Gasteiger partial charge in [0.1, 0.15) is 9.79 Å². The number of rotatable bonds is 7. The smallest absolute Gasteiger partial charge is 0.295 e. The molecule has 0 aliphatic rings. The zero-order chi connectivity index (χ0) is 32.1. The van der Waals surface area contributed by atoms with Crippen LogP contribution in [0.1, 0.15) is 31.8 Å². The molecule has 0 aromatic heterocycles. The predicted octanol–water partition coefficient (Wildman–Crippen LogP) is 3.28. The second kappa shape index (κ2) is 11.0. The van der Waals surface area contributed by atoms with E-state index < -0.39 is 73.3 Å². The SMILES string of the molecule is Cc1ccc(C(=O)Nc2cc(C(=O)Nc3ccc(S(=O)(=O)O)c4cc(S(=O)(=O)O)cc(S(=O)(=O)O)c34)ccc2C)cc1N. The summed E-state index contributed by atoms with van der Waals surface area (Å²) < 4.78 is 101. The van der Waals surface area contributed by atoms with Crippen molar-refractivity contribution in [3.8, 4) is 0 Å². The molecule has 4 rings (SSSR count). The highest BCUT2D eigenvalue weighted by atomic mass is 32.2. The van der Waals surface area contributed by atoms with Gasteiger partial charge < -0.3 is 16.4 Å². The third-order valence-corrected chi connectivity index (χ3v) is 9.02. The lowest BCUT2D eigenvalue weighted by atomic mass is 10.1. The molecule has 0 fully saturated rings. The van der Waals surface area contributed by atoms with Gasteiger partial charge in [0.2, 0.25) is 0 Å². The quantitative estimate of drug-likeness (QED) is 0.125. The van der Waals surface area contributed by atoms with Gasteiger partial charge in [-0.1, -0.05) is 12.1 Å². The highest BCUT2D eigenvalue weighted by Crippen LogP contribution is 2.37. The van der Waals surface area contributed by atoms with Crippen LogP contribution >= 0.6 is 0 Å². The van der Waals surface area contributed by atoms with Gasteiger partial charge in [-0.25, -0.2) is 0 Å². The van der Waals surface area contributed by atoms with E-state index in [2.05, 4.69) is 10.6 Å². The molecular formula is C26H23N3O11S3. The minimum atomic E-state index is -5.32. The maximum absolute atomic E-state index is 13.3. The number of aryl methyl sites for hydroxylation is 2. The molecule has 2 amide bonds. The van der Waals surface area contributed by atoms with Crippen molar-refractivity contribution in [1.82, 2.24) is 0 Å². The van der Waals surface area contributed by atoms with E-state index >= 15 is 0 Å². The fourth-order valence-electron chi connectivity index (χ4n) is 4.14. The van der Waals surface area contributed by atoms with Crippen LogP contribution in [-0.2, 0) is 30.4 Å². The van der Waals surface area contributed by atoms with Crippen LogP contribution in [0.2, 0.25) is 0 Å². The van der Waals surface area contributed by atoms with Crippen LogP contribution in [0.15, 0.2) is 75.4 Å². The van der Waals surface area contributed by atoms with E-state index in [0.29, 0.717) is 23.4 Å². The minimum absolute atomic E-state index is 0.0562. The number of carbonyl (C=O) groups is 2. The van der Waals surface area contributed by atoms with Gasteiger partial charge in [-0.3, -0.25) is 23.2 Å². The lowest BCUT2D eigenvalue weighted by molar-refractivity contribution is 0.101.